The van der Waals surface area contributed by atoms with E-state index in [0.29, 0.717) is 25.5 Å². The fourth-order valence-corrected chi connectivity index (χ4v) is 3.98. The molecule has 1 aliphatic rings. The van der Waals surface area contributed by atoms with Gasteiger partial charge in [0.25, 0.3) is 0 Å². The van der Waals surface area contributed by atoms with Crippen molar-refractivity contribution in [2.24, 2.45) is 0 Å². The molecule has 32 heavy (non-hydrogen) atoms. The number of H-pyrrole nitrogens is 1. The van der Waals surface area contributed by atoms with Crippen LogP contribution in [0.25, 0.3) is 10.8 Å². The number of carbonyl (C=O) groups is 2. The fourth-order valence-electron chi connectivity index (χ4n) is 3.98. The van der Waals surface area contributed by atoms with Gasteiger partial charge in [-0.2, -0.15) is 5.10 Å². The predicted octanol–water partition coefficient (Wildman–Crippen LogP) is 3.97. The molecule has 0 saturated carbocycles. The smallest absolute Gasteiger partial charge is 0.318 e. The number of hydrogen-bond acceptors (Lipinski definition) is 3. The van der Waals surface area contributed by atoms with E-state index in [1.54, 1.807) is 4.90 Å². The summed E-state index contributed by atoms with van der Waals surface area (Å²) >= 11 is 0. The minimum absolute atomic E-state index is 0.137. The Balaban J connectivity index is 1.19. The lowest BCUT2D eigenvalue weighted by Gasteiger charge is -2.17. The molecule has 1 aliphatic heterocycles. The van der Waals surface area contributed by atoms with Crippen LogP contribution in [-0.4, -0.2) is 27.0 Å². The van der Waals surface area contributed by atoms with Crippen molar-refractivity contribution in [1.29, 1.82) is 0 Å². The topological polar surface area (TPSA) is 90.1 Å². The van der Waals surface area contributed by atoms with Crippen LogP contribution in [0.2, 0.25) is 0 Å². The lowest BCUT2D eigenvalue weighted by Crippen LogP contribution is -2.36. The van der Waals surface area contributed by atoms with E-state index in [1.807, 2.05) is 72.8 Å². The number of amides is 3. The highest BCUT2D eigenvalue weighted by Crippen LogP contribution is 2.27. The Kier molecular flexibility index (Phi) is 5.29. The Labute approximate surface area is 185 Å². The molecule has 1 aromatic heterocycles. The molecule has 7 nitrogen and oxygen atoms in total. The number of fused-ring (bicyclic) bond motifs is 2. The molecule has 0 unspecified atom stereocenters. The number of aromatic nitrogens is 2. The molecule has 0 fully saturated rings. The normalized spacial score (nSPS) is 12.6. The lowest BCUT2D eigenvalue weighted by molar-refractivity contribution is -0.115. The van der Waals surface area contributed by atoms with Crippen molar-refractivity contribution < 1.29 is 9.59 Å². The van der Waals surface area contributed by atoms with Crippen molar-refractivity contribution in [2.75, 3.05) is 5.32 Å². The minimum Gasteiger partial charge on any atom is -0.334 e. The molecule has 4 aromatic rings. The number of rotatable bonds is 5. The molecule has 0 radical (unpaired) electrons. The quantitative estimate of drug-likeness (QED) is 0.452. The van der Waals surface area contributed by atoms with Gasteiger partial charge < -0.3 is 15.5 Å². The largest absolute Gasteiger partial charge is 0.334 e. The molecule has 0 saturated heterocycles. The van der Waals surface area contributed by atoms with E-state index >= 15 is 0 Å². The third-order valence-corrected chi connectivity index (χ3v) is 5.66. The molecular formula is C25H23N5O2. The second-order valence-electron chi connectivity index (χ2n) is 7.94. The van der Waals surface area contributed by atoms with Gasteiger partial charge in [0, 0.05) is 12.1 Å². The SMILES string of the molecule is O=C(Cc1ccc2ccccc2c1)Nc1n[nH]c2c1CN(C(=O)NCc1ccccc1)C2. The zero-order valence-corrected chi connectivity index (χ0v) is 17.5. The van der Waals surface area contributed by atoms with Gasteiger partial charge in [0.15, 0.2) is 5.82 Å². The molecule has 0 aliphatic carbocycles. The first kappa shape index (κ1) is 19.8. The Morgan fingerprint density at radius 3 is 2.53 bits per heavy atom. The van der Waals surface area contributed by atoms with Gasteiger partial charge in [0.05, 0.1) is 25.2 Å². The van der Waals surface area contributed by atoms with Gasteiger partial charge >= 0.3 is 6.03 Å². The van der Waals surface area contributed by atoms with Gasteiger partial charge in [0.2, 0.25) is 5.91 Å². The second-order valence-corrected chi connectivity index (χ2v) is 7.94. The summed E-state index contributed by atoms with van der Waals surface area (Å²) in [7, 11) is 0. The highest BCUT2D eigenvalue weighted by atomic mass is 16.2. The first-order chi connectivity index (χ1) is 15.7. The predicted molar refractivity (Wildman–Crippen MR) is 123 cm³/mol. The van der Waals surface area contributed by atoms with Gasteiger partial charge in [-0.05, 0) is 21.9 Å². The van der Waals surface area contributed by atoms with Crippen LogP contribution in [0, 0.1) is 0 Å². The average Bonchev–Trinajstić information content (AvgIpc) is 3.40. The zero-order chi connectivity index (χ0) is 21.9. The maximum Gasteiger partial charge on any atom is 0.318 e. The molecule has 3 N–H and O–H groups in total. The van der Waals surface area contributed by atoms with Gasteiger partial charge in [-0.3, -0.25) is 9.89 Å². The van der Waals surface area contributed by atoms with Crippen molar-refractivity contribution in [3.05, 3.63) is 95.2 Å². The Hall–Kier alpha value is -4.13. The van der Waals surface area contributed by atoms with Gasteiger partial charge in [-0.1, -0.05) is 72.8 Å². The molecule has 160 valence electrons. The molecule has 0 bridgehead atoms. The number of carbonyl (C=O) groups excluding carboxylic acids is 2. The number of nitrogens with one attached hydrogen (secondary N) is 3. The minimum atomic E-state index is -0.146. The monoisotopic (exact) mass is 425 g/mol. The highest BCUT2D eigenvalue weighted by molar-refractivity contribution is 5.93. The molecular weight excluding hydrogens is 402 g/mol. The number of urea groups is 1. The Morgan fingerprint density at radius 1 is 0.906 bits per heavy atom. The third kappa shape index (κ3) is 4.18. The van der Waals surface area contributed by atoms with Gasteiger partial charge in [-0.15, -0.1) is 0 Å². The number of hydrogen-bond donors (Lipinski definition) is 3. The highest BCUT2D eigenvalue weighted by Gasteiger charge is 2.28. The number of aromatic amines is 1. The van der Waals surface area contributed by atoms with E-state index in [4.69, 9.17) is 0 Å². The van der Waals surface area contributed by atoms with Crippen molar-refractivity contribution in [1.82, 2.24) is 20.4 Å². The molecule has 3 amide bonds. The summed E-state index contributed by atoms with van der Waals surface area (Å²) in [4.78, 5) is 26.9. The Morgan fingerprint density at radius 2 is 1.69 bits per heavy atom. The summed E-state index contributed by atoms with van der Waals surface area (Å²) in [5.74, 6) is 0.353. The van der Waals surface area contributed by atoms with Crippen molar-refractivity contribution >= 4 is 28.5 Å². The van der Waals surface area contributed by atoms with E-state index in [-0.39, 0.29) is 18.4 Å². The number of nitrogens with zero attached hydrogens (tertiary/aromatic N) is 2. The van der Waals surface area contributed by atoms with Crippen LogP contribution in [0.5, 0.6) is 0 Å². The molecule has 3 aromatic carbocycles. The zero-order valence-electron chi connectivity index (χ0n) is 17.5. The van der Waals surface area contributed by atoms with Gasteiger partial charge in [-0.25, -0.2) is 4.79 Å². The Bertz CT molecular complexity index is 1280. The maximum absolute atomic E-state index is 12.6. The van der Waals surface area contributed by atoms with Crippen LogP contribution in [0.1, 0.15) is 22.4 Å². The summed E-state index contributed by atoms with van der Waals surface area (Å²) in [6, 6.07) is 23.7. The van der Waals surface area contributed by atoms with Gasteiger partial charge in [0.1, 0.15) is 0 Å². The van der Waals surface area contributed by atoms with Crippen LogP contribution in [-0.2, 0) is 30.8 Å². The van der Waals surface area contributed by atoms with E-state index < -0.39 is 0 Å². The first-order valence-corrected chi connectivity index (χ1v) is 10.6. The van der Waals surface area contributed by atoms with Crippen LogP contribution >= 0.6 is 0 Å². The first-order valence-electron chi connectivity index (χ1n) is 10.6. The molecule has 2 heterocycles. The maximum atomic E-state index is 12.6. The molecule has 7 heteroatoms. The van der Waals surface area contributed by atoms with Crippen LogP contribution in [0.4, 0.5) is 10.6 Å². The van der Waals surface area contributed by atoms with E-state index in [1.165, 1.54) is 0 Å². The second kappa shape index (κ2) is 8.55. The van der Waals surface area contributed by atoms with E-state index in [0.717, 1.165) is 33.2 Å². The van der Waals surface area contributed by atoms with Crippen molar-refractivity contribution in [3.8, 4) is 0 Å². The average molecular weight is 425 g/mol. The fraction of sp³-hybridized carbons (Fsp3) is 0.160. The number of benzene rings is 3. The standard InChI is InChI=1S/C25H23N5O2/c31-23(13-18-10-11-19-8-4-5-9-20(19)12-18)27-24-21-15-30(16-22(21)28-29-24)25(32)26-14-17-6-2-1-3-7-17/h1-12H,13-16H2,(H,26,32)(H2,27,28,29,31). The number of anilines is 1. The summed E-state index contributed by atoms with van der Waals surface area (Å²) in [5.41, 5.74) is 3.68. The molecule has 0 spiro atoms. The van der Waals surface area contributed by atoms with Crippen LogP contribution in [0.15, 0.2) is 72.8 Å². The molecule has 5 rings (SSSR count). The van der Waals surface area contributed by atoms with Crippen molar-refractivity contribution in [2.45, 2.75) is 26.1 Å². The summed E-state index contributed by atoms with van der Waals surface area (Å²) in [6.45, 7) is 1.30. The summed E-state index contributed by atoms with van der Waals surface area (Å²) in [5, 5.41) is 15.3. The summed E-state index contributed by atoms with van der Waals surface area (Å²) < 4.78 is 0. The van der Waals surface area contributed by atoms with Crippen LogP contribution in [0.3, 0.4) is 0 Å². The van der Waals surface area contributed by atoms with Crippen LogP contribution < -0.4 is 10.6 Å². The molecule has 0 atom stereocenters. The summed E-state index contributed by atoms with van der Waals surface area (Å²) in [6.07, 6.45) is 0.258. The lowest BCUT2D eigenvalue weighted by atomic mass is 10.0. The van der Waals surface area contributed by atoms with Crippen molar-refractivity contribution in [3.63, 3.8) is 0 Å². The third-order valence-electron chi connectivity index (χ3n) is 5.66. The van der Waals surface area contributed by atoms with E-state index in [9.17, 15) is 9.59 Å². The van der Waals surface area contributed by atoms with E-state index in [2.05, 4.69) is 20.8 Å².